The van der Waals surface area contributed by atoms with Gasteiger partial charge in [0, 0.05) is 16.7 Å². The molecule has 1 amide bonds. The number of nitrogens with zero attached hydrogens (tertiary/aromatic N) is 1. The first-order valence-electron chi connectivity index (χ1n) is 5.39. The minimum Gasteiger partial charge on any atom is -0.322 e. The van der Waals surface area contributed by atoms with Crippen molar-refractivity contribution in [1.29, 1.82) is 0 Å². The summed E-state index contributed by atoms with van der Waals surface area (Å²) in [6, 6.07) is 6.44. The van der Waals surface area contributed by atoms with Gasteiger partial charge in [-0.3, -0.25) is 4.79 Å². The summed E-state index contributed by atoms with van der Waals surface area (Å²) in [6.45, 7) is 4.17. The van der Waals surface area contributed by atoms with E-state index >= 15 is 0 Å². The van der Waals surface area contributed by atoms with Crippen LogP contribution in [0, 0.1) is 6.92 Å². The van der Waals surface area contributed by atoms with Gasteiger partial charge in [-0.25, -0.2) is 0 Å². The van der Waals surface area contributed by atoms with Crippen LogP contribution >= 0.6 is 11.8 Å². The number of nitrogens with two attached hydrogens (primary N) is 1. The second-order valence-electron chi connectivity index (χ2n) is 4.10. The molecule has 4 heteroatoms. The summed E-state index contributed by atoms with van der Waals surface area (Å²) in [5, 5.41) is 0. The van der Waals surface area contributed by atoms with E-state index in [1.807, 2.05) is 11.8 Å². The normalized spacial score (nSPS) is 19.4. The van der Waals surface area contributed by atoms with Crippen LogP contribution in [0.25, 0.3) is 0 Å². The molecule has 1 atom stereocenters. The topological polar surface area (TPSA) is 46.3 Å². The number of benzene rings is 1. The van der Waals surface area contributed by atoms with Gasteiger partial charge in [-0.2, -0.15) is 0 Å². The lowest BCUT2D eigenvalue weighted by Crippen LogP contribution is -2.45. The van der Waals surface area contributed by atoms with Crippen LogP contribution in [0.3, 0.4) is 0 Å². The molecule has 0 aromatic heterocycles. The van der Waals surface area contributed by atoms with Gasteiger partial charge in [-0.1, -0.05) is 6.07 Å². The van der Waals surface area contributed by atoms with Crippen LogP contribution in [0.5, 0.6) is 0 Å². The van der Waals surface area contributed by atoms with Gasteiger partial charge in [-0.15, -0.1) is 11.8 Å². The van der Waals surface area contributed by atoms with E-state index in [4.69, 9.17) is 5.73 Å². The summed E-state index contributed by atoms with van der Waals surface area (Å²) in [7, 11) is 0. The lowest BCUT2D eigenvalue weighted by atomic mass is 10.1. The van der Waals surface area contributed by atoms with Crippen molar-refractivity contribution < 1.29 is 4.79 Å². The second kappa shape index (κ2) is 4.47. The van der Waals surface area contributed by atoms with E-state index in [9.17, 15) is 4.79 Å². The van der Waals surface area contributed by atoms with Gasteiger partial charge in [0.05, 0.1) is 12.2 Å². The van der Waals surface area contributed by atoms with Crippen molar-refractivity contribution in [2.75, 3.05) is 17.2 Å². The molecule has 0 aliphatic carbocycles. The second-order valence-corrected chi connectivity index (χ2v) is 5.16. The smallest absolute Gasteiger partial charge is 0.241 e. The molecule has 1 heterocycles. The fourth-order valence-electron chi connectivity index (χ4n) is 1.94. The van der Waals surface area contributed by atoms with E-state index in [-0.39, 0.29) is 18.5 Å². The fraction of sp³-hybridized carbons (Fsp3) is 0.417. The molecule has 1 aromatic rings. The average molecular weight is 236 g/mol. The molecule has 2 N–H and O–H groups in total. The van der Waals surface area contributed by atoms with Crippen LogP contribution in [0.2, 0.25) is 0 Å². The first kappa shape index (κ1) is 11.5. The van der Waals surface area contributed by atoms with Crippen LogP contribution < -0.4 is 10.6 Å². The molecule has 16 heavy (non-hydrogen) atoms. The number of hydrogen-bond acceptors (Lipinski definition) is 3. The van der Waals surface area contributed by atoms with Crippen molar-refractivity contribution in [3.63, 3.8) is 0 Å². The van der Waals surface area contributed by atoms with Gasteiger partial charge < -0.3 is 10.6 Å². The van der Waals surface area contributed by atoms with Gasteiger partial charge in [0.15, 0.2) is 0 Å². The summed E-state index contributed by atoms with van der Waals surface area (Å²) in [5.74, 6) is 0.932. The summed E-state index contributed by atoms with van der Waals surface area (Å²) in [4.78, 5) is 14.8. The maximum atomic E-state index is 11.8. The monoisotopic (exact) mass is 236 g/mol. The number of carbonyl (C=O) groups is 1. The summed E-state index contributed by atoms with van der Waals surface area (Å²) in [5.41, 5.74) is 7.65. The van der Waals surface area contributed by atoms with Gasteiger partial charge in [0.2, 0.25) is 5.91 Å². The van der Waals surface area contributed by atoms with Crippen LogP contribution in [-0.2, 0) is 4.79 Å². The molecule has 2 rings (SSSR count). The number of thioether (sulfide) groups is 1. The zero-order valence-electron chi connectivity index (χ0n) is 9.56. The molecule has 0 saturated heterocycles. The van der Waals surface area contributed by atoms with Gasteiger partial charge in [0.25, 0.3) is 0 Å². The van der Waals surface area contributed by atoms with E-state index in [0.29, 0.717) is 0 Å². The van der Waals surface area contributed by atoms with Crippen LogP contribution in [0.15, 0.2) is 23.1 Å². The average Bonchev–Trinajstić information content (AvgIpc) is 2.28. The fourth-order valence-corrected chi connectivity index (χ4v) is 2.98. The predicted molar refractivity (Wildman–Crippen MR) is 67.9 cm³/mol. The summed E-state index contributed by atoms with van der Waals surface area (Å²) < 4.78 is 0. The SMILES string of the molecule is Cc1ccc2c(c1)N(C(=O)CN)C(C)CS2. The van der Waals surface area contributed by atoms with Crippen LogP contribution in [-0.4, -0.2) is 24.2 Å². The number of carbonyl (C=O) groups excluding carboxylic acids is 1. The number of anilines is 1. The van der Waals surface area contributed by atoms with Gasteiger partial charge in [-0.05, 0) is 31.5 Å². The zero-order valence-corrected chi connectivity index (χ0v) is 10.4. The van der Waals surface area contributed by atoms with Crippen molar-refractivity contribution in [2.24, 2.45) is 5.73 Å². The van der Waals surface area contributed by atoms with Crippen molar-refractivity contribution in [3.8, 4) is 0 Å². The molecule has 1 aliphatic heterocycles. The minimum atomic E-state index is -0.000324. The molecule has 1 unspecified atom stereocenters. The minimum absolute atomic E-state index is 0.000324. The number of rotatable bonds is 1. The highest BCUT2D eigenvalue weighted by Crippen LogP contribution is 2.37. The molecule has 0 spiro atoms. The van der Waals surface area contributed by atoms with Crippen molar-refractivity contribution >= 4 is 23.4 Å². The van der Waals surface area contributed by atoms with E-state index in [0.717, 1.165) is 11.4 Å². The van der Waals surface area contributed by atoms with Crippen molar-refractivity contribution in [3.05, 3.63) is 23.8 Å². The first-order chi connectivity index (χ1) is 7.63. The third-order valence-electron chi connectivity index (χ3n) is 2.74. The molecule has 1 aliphatic rings. The quantitative estimate of drug-likeness (QED) is 0.808. The predicted octanol–water partition coefficient (Wildman–Crippen LogP) is 1.78. The maximum Gasteiger partial charge on any atom is 0.241 e. The maximum absolute atomic E-state index is 11.8. The molecular weight excluding hydrogens is 220 g/mol. The number of hydrogen-bond donors (Lipinski definition) is 1. The Bertz CT molecular complexity index is 419. The number of amides is 1. The van der Waals surface area contributed by atoms with E-state index in [2.05, 4.69) is 25.1 Å². The molecule has 86 valence electrons. The molecule has 0 fully saturated rings. The van der Waals surface area contributed by atoms with Crippen LogP contribution in [0.1, 0.15) is 12.5 Å². The van der Waals surface area contributed by atoms with E-state index in [1.54, 1.807) is 11.8 Å². The Morgan fingerprint density at radius 2 is 2.38 bits per heavy atom. The highest BCUT2D eigenvalue weighted by atomic mass is 32.2. The lowest BCUT2D eigenvalue weighted by Gasteiger charge is -2.34. The standard InChI is InChI=1S/C12H16N2OS/c1-8-3-4-11-10(5-8)14(12(15)6-13)9(2)7-16-11/h3-5,9H,6-7,13H2,1-2H3. The number of fused-ring (bicyclic) bond motifs is 1. The molecule has 0 saturated carbocycles. The molecule has 0 bridgehead atoms. The Morgan fingerprint density at radius 3 is 3.06 bits per heavy atom. The lowest BCUT2D eigenvalue weighted by molar-refractivity contribution is -0.117. The van der Waals surface area contributed by atoms with Crippen LogP contribution in [0.4, 0.5) is 5.69 Å². The molecule has 0 radical (unpaired) electrons. The summed E-state index contributed by atoms with van der Waals surface area (Å²) >= 11 is 1.80. The zero-order chi connectivity index (χ0) is 11.7. The van der Waals surface area contributed by atoms with E-state index in [1.165, 1.54) is 10.5 Å². The van der Waals surface area contributed by atoms with Gasteiger partial charge in [0.1, 0.15) is 0 Å². The Kier molecular flexibility index (Phi) is 3.21. The third-order valence-corrected chi connectivity index (χ3v) is 4.04. The Hall–Kier alpha value is -1.000. The first-order valence-corrected chi connectivity index (χ1v) is 6.37. The van der Waals surface area contributed by atoms with Crippen molar-refractivity contribution in [2.45, 2.75) is 24.8 Å². The van der Waals surface area contributed by atoms with Gasteiger partial charge >= 0.3 is 0 Å². The molecule has 1 aromatic carbocycles. The third kappa shape index (κ3) is 1.95. The number of aryl methyl sites for hydroxylation is 1. The Balaban J connectivity index is 2.46. The highest BCUT2D eigenvalue weighted by Gasteiger charge is 2.27. The summed E-state index contributed by atoms with van der Waals surface area (Å²) in [6.07, 6.45) is 0. The highest BCUT2D eigenvalue weighted by molar-refractivity contribution is 7.99. The largest absolute Gasteiger partial charge is 0.322 e. The Morgan fingerprint density at radius 1 is 1.62 bits per heavy atom. The van der Waals surface area contributed by atoms with Crippen molar-refractivity contribution in [1.82, 2.24) is 0 Å². The Labute approximate surface area is 100.0 Å². The van der Waals surface area contributed by atoms with E-state index < -0.39 is 0 Å². The molecule has 3 nitrogen and oxygen atoms in total. The molecular formula is C12H16N2OS.